The van der Waals surface area contributed by atoms with Crippen molar-refractivity contribution in [2.45, 2.75) is 32.6 Å². The minimum atomic E-state index is 1.09. The van der Waals surface area contributed by atoms with Gasteiger partial charge in [0.15, 0.2) is 0 Å². The Labute approximate surface area is 86.5 Å². The van der Waals surface area contributed by atoms with Crippen molar-refractivity contribution in [2.75, 3.05) is 11.9 Å². The number of benzene rings is 1. The fourth-order valence-electron chi connectivity index (χ4n) is 2.02. The third-order valence-electron chi connectivity index (χ3n) is 2.80. The van der Waals surface area contributed by atoms with E-state index in [1.165, 1.54) is 36.1 Å². The highest BCUT2D eigenvalue weighted by Gasteiger charge is 2.11. The van der Waals surface area contributed by atoms with Crippen molar-refractivity contribution < 1.29 is 0 Å². The van der Waals surface area contributed by atoms with Gasteiger partial charge >= 0.3 is 0 Å². The number of hydrogen-bond donors (Lipinski definition) is 1. The Hall–Kier alpha value is -0.980. The number of rotatable bonds is 3. The summed E-state index contributed by atoms with van der Waals surface area (Å²) in [6.07, 6.45) is 7.33. The van der Waals surface area contributed by atoms with Crippen molar-refractivity contribution >= 4 is 5.69 Å². The lowest BCUT2D eigenvalue weighted by molar-refractivity contribution is 0.788. The van der Waals surface area contributed by atoms with E-state index in [1.807, 2.05) is 0 Å². The van der Waals surface area contributed by atoms with Crippen LogP contribution in [0.25, 0.3) is 0 Å². The molecule has 0 atom stereocenters. The molecule has 0 amide bonds. The van der Waals surface area contributed by atoms with Gasteiger partial charge in [0.2, 0.25) is 0 Å². The van der Waals surface area contributed by atoms with E-state index in [1.54, 1.807) is 0 Å². The molecule has 0 fully saturated rings. The molecule has 1 aromatic carbocycles. The zero-order valence-electron chi connectivity index (χ0n) is 8.84. The molecular weight excluding hydrogens is 170 g/mol. The van der Waals surface area contributed by atoms with Gasteiger partial charge in [0, 0.05) is 12.2 Å². The third kappa shape index (κ3) is 1.92. The van der Waals surface area contributed by atoms with E-state index in [-0.39, 0.29) is 0 Å². The van der Waals surface area contributed by atoms with Gasteiger partial charge in [0.05, 0.1) is 0 Å². The van der Waals surface area contributed by atoms with Crippen LogP contribution in [0.4, 0.5) is 5.69 Å². The van der Waals surface area contributed by atoms with E-state index in [4.69, 9.17) is 0 Å². The van der Waals surface area contributed by atoms with E-state index in [2.05, 4.69) is 36.9 Å². The summed E-state index contributed by atoms with van der Waals surface area (Å²) in [5.74, 6) is 0. The monoisotopic (exact) mass is 188 g/mol. The van der Waals surface area contributed by atoms with E-state index in [0.717, 1.165) is 13.0 Å². The van der Waals surface area contributed by atoms with Gasteiger partial charge in [-0.2, -0.15) is 0 Å². The van der Waals surface area contributed by atoms with Crippen molar-refractivity contribution in [1.82, 2.24) is 0 Å². The largest absolute Gasteiger partial charge is 0.385 e. The molecule has 1 aliphatic heterocycles. The predicted molar refractivity (Wildman–Crippen MR) is 61.6 cm³/mol. The Morgan fingerprint density at radius 2 is 2.29 bits per heavy atom. The van der Waals surface area contributed by atoms with Crippen LogP contribution in [0, 0.1) is 6.42 Å². The van der Waals surface area contributed by atoms with Crippen LogP contribution in [0.5, 0.6) is 0 Å². The zero-order chi connectivity index (χ0) is 9.80. The second-order valence-electron chi connectivity index (χ2n) is 3.90. The van der Waals surface area contributed by atoms with Crippen LogP contribution in [-0.4, -0.2) is 6.54 Å². The molecule has 0 bridgehead atoms. The first-order chi connectivity index (χ1) is 6.92. The lowest BCUT2D eigenvalue weighted by Crippen LogP contribution is -2.12. The molecule has 0 unspecified atom stereocenters. The van der Waals surface area contributed by atoms with Crippen LogP contribution < -0.4 is 5.32 Å². The van der Waals surface area contributed by atoms with Crippen molar-refractivity contribution in [1.29, 1.82) is 0 Å². The molecule has 0 aliphatic carbocycles. The minimum Gasteiger partial charge on any atom is -0.385 e. The molecular formula is C13H18N. The summed E-state index contributed by atoms with van der Waals surface area (Å²) in [6, 6.07) is 6.61. The minimum absolute atomic E-state index is 1.09. The Morgan fingerprint density at radius 1 is 1.36 bits per heavy atom. The molecule has 0 spiro atoms. The van der Waals surface area contributed by atoms with E-state index in [0.29, 0.717) is 0 Å². The molecule has 1 radical (unpaired) electrons. The van der Waals surface area contributed by atoms with Gasteiger partial charge in [0.25, 0.3) is 0 Å². The summed E-state index contributed by atoms with van der Waals surface area (Å²) in [5.41, 5.74) is 4.29. The fraction of sp³-hybridized carbons (Fsp3) is 0.462. The van der Waals surface area contributed by atoms with Gasteiger partial charge in [-0.05, 0) is 42.9 Å². The summed E-state index contributed by atoms with van der Waals surface area (Å²) >= 11 is 0. The van der Waals surface area contributed by atoms with E-state index >= 15 is 0 Å². The van der Waals surface area contributed by atoms with Crippen molar-refractivity contribution in [3.63, 3.8) is 0 Å². The number of hydrogen-bond acceptors (Lipinski definition) is 1. The normalized spacial score (nSPS) is 14.6. The van der Waals surface area contributed by atoms with Gasteiger partial charge in [-0.25, -0.2) is 0 Å². The van der Waals surface area contributed by atoms with Crippen LogP contribution in [-0.2, 0) is 6.42 Å². The molecule has 0 saturated heterocycles. The van der Waals surface area contributed by atoms with Crippen molar-refractivity contribution in [3.05, 3.63) is 35.7 Å². The molecule has 14 heavy (non-hydrogen) atoms. The number of anilines is 1. The number of fused-ring (bicyclic) bond motifs is 1. The first kappa shape index (κ1) is 9.57. The third-order valence-corrected chi connectivity index (χ3v) is 2.80. The molecule has 1 N–H and O–H groups in total. The maximum absolute atomic E-state index is 3.45. The summed E-state index contributed by atoms with van der Waals surface area (Å²) in [5, 5.41) is 3.45. The summed E-state index contributed by atoms with van der Waals surface area (Å²) in [6.45, 7) is 3.33. The second kappa shape index (κ2) is 4.50. The standard InChI is InChI=1S/C13H18N/c1-2-3-6-11-7-4-9-13-12(11)8-5-10-14-13/h4,7-9,14H,2-3,5-6,10H2,1H3. The van der Waals surface area contributed by atoms with Crippen molar-refractivity contribution in [2.24, 2.45) is 0 Å². The van der Waals surface area contributed by atoms with Gasteiger partial charge in [0.1, 0.15) is 0 Å². The maximum Gasteiger partial charge on any atom is 0.0378 e. The van der Waals surface area contributed by atoms with E-state index in [9.17, 15) is 0 Å². The quantitative estimate of drug-likeness (QED) is 0.766. The molecule has 2 rings (SSSR count). The van der Waals surface area contributed by atoms with Gasteiger partial charge in [-0.1, -0.05) is 25.5 Å². The zero-order valence-corrected chi connectivity index (χ0v) is 8.84. The maximum atomic E-state index is 3.45. The number of nitrogens with one attached hydrogen (secondary N) is 1. The molecule has 1 heteroatoms. The molecule has 1 aromatic rings. The van der Waals surface area contributed by atoms with Crippen LogP contribution in [0.1, 0.15) is 37.3 Å². The van der Waals surface area contributed by atoms with Crippen LogP contribution in [0.2, 0.25) is 0 Å². The lowest BCUT2D eigenvalue weighted by atomic mass is 9.95. The highest BCUT2D eigenvalue weighted by molar-refractivity contribution is 5.60. The fourth-order valence-corrected chi connectivity index (χ4v) is 2.02. The molecule has 1 nitrogen and oxygen atoms in total. The smallest absolute Gasteiger partial charge is 0.0378 e. The average Bonchev–Trinajstić information content (AvgIpc) is 2.26. The lowest BCUT2D eigenvalue weighted by Gasteiger charge is -2.20. The van der Waals surface area contributed by atoms with Crippen LogP contribution in [0.15, 0.2) is 18.2 Å². The summed E-state index contributed by atoms with van der Waals surface area (Å²) in [7, 11) is 0. The SMILES string of the molecule is CCCCc1cccc2c1[CH]CCN2. The Morgan fingerprint density at radius 3 is 3.14 bits per heavy atom. The Bertz CT molecular complexity index is 304. The van der Waals surface area contributed by atoms with Gasteiger partial charge < -0.3 is 5.32 Å². The molecule has 0 aromatic heterocycles. The van der Waals surface area contributed by atoms with Gasteiger partial charge in [-0.15, -0.1) is 0 Å². The molecule has 0 saturated carbocycles. The first-order valence-corrected chi connectivity index (χ1v) is 5.61. The predicted octanol–water partition coefficient (Wildman–Crippen LogP) is 3.40. The summed E-state index contributed by atoms with van der Waals surface area (Å²) in [4.78, 5) is 0. The Kier molecular flexibility index (Phi) is 3.07. The highest BCUT2D eigenvalue weighted by atomic mass is 14.9. The van der Waals surface area contributed by atoms with Crippen LogP contribution in [0.3, 0.4) is 0 Å². The Balaban J connectivity index is 2.21. The highest BCUT2D eigenvalue weighted by Crippen LogP contribution is 2.27. The second-order valence-corrected chi connectivity index (χ2v) is 3.90. The summed E-state index contributed by atoms with van der Waals surface area (Å²) < 4.78 is 0. The average molecular weight is 188 g/mol. The topological polar surface area (TPSA) is 12.0 Å². The molecule has 1 heterocycles. The van der Waals surface area contributed by atoms with E-state index < -0.39 is 0 Å². The molecule has 1 aliphatic rings. The number of unbranched alkanes of at least 4 members (excludes halogenated alkanes) is 1. The first-order valence-electron chi connectivity index (χ1n) is 5.61. The molecule has 75 valence electrons. The van der Waals surface area contributed by atoms with Gasteiger partial charge in [-0.3, -0.25) is 0 Å². The van der Waals surface area contributed by atoms with Crippen molar-refractivity contribution in [3.8, 4) is 0 Å². The van der Waals surface area contributed by atoms with Crippen LogP contribution >= 0.6 is 0 Å². The number of aryl methyl sites for hydroxylation is 1.